The largest absolute Gasteiger partial charge is 0.508 e. The molecule has 0 atom stereocenters. The van der Waals surface area contributed by atoms with E-state index in [1.807, 2.05) is 0 Å². The number of ketones is 1. The fourth-order valence-corrected chi connectivity index (χ4v) is 1.97. The first-order valence-electron chi connectivity index (χ1n) is 6.51. The molecule has 0 radical (unpaired) electrons. The van der Waals surface area contributed by atoms with Gasteiger partial charge < -0.3 is 19.7 Å². The normalized spacial score (nSPS) is 10.6. The van der Waals surface area contributed by atoms with Crippen molar-refractivity contribution in [3.8, 4) is 23.0 Å². The lowest BCUT2D eigenvalue weighted by molar-refractivity contribution is 0.104. The second-order valence-corrected chi connectivity index (χ2v) is 4.51. The van der Waals surface area contributed by atoms with Crippen LogP contribution >= 0.6 is 0 Å². The van der Waals surface area contributed by atoms with Crippen LogP contribution in [0, 0.1) is 0 Å². The van der Waals surface area contributed by atoms with Gasteiger partial charge in [-0.05, 0) is 23.8 Å². The molecular formula is C17H16O5. The first-order chi connectivity index (χ1) is 10.5. The SMILES string of the molecule is COc1ccc(/C=C/C(=O)c2c(O)cc(O)cc2OC)cc1. The molecule has 5 heteroatoms. The molecule has 0 aliphatic rings. The summed E-state index contributed by atoms with van der Waals surface area (Å²) in [5, 5.41) is 19.2. The number of benzene rings is 2. The van der Waals surface area contributed by atoms with Crippen LogP contribution in [0.15, 0.2) is 42.5 Å². The predicted molar refractivity (Wildman–Crippen MR) is 82.7 cm³/mol. The van der Waals surface area contributed by atoms with Gasteiger partial charge in [-0.2, -0.15) is 0 Å². The van der Waals surface area contributed by atoms with Crippen LogP contribution in [0.3, 0.4) is 0 Å². The topological polar surface area (TPSA) is 76.0 Å². The van der Waals surface area contributed by atoms with Gasteiger partial charge >= 0.3 is 0 Å². The number of rotatable bonds is 5. The third-order valence-corrected chi connectivity index (χ3v) is 3.08. The Balaban J connectivity index is 2.26. The molecule has 0 unspecified atom stereocenters. The molecule has 0 aromatic heterocycles. The lowest BCUT2D eigenvalue weighted by Gasteiger charge is -2.08. The summed E-state index contributed by atoms with van der Waals surface area (Å²) in [5.41, 5.74) is 0.816. The van der Waals surface area contributed by atoms with E-state index in [0.29, 0.717) is 0 Å². The van der Waals surface area contributed by atoms with E-state index in [1.54, 1.807) is 37.5 Å². The van der Waals surface area contributed by atoms with Gasteiger partial charge in [0.15, 0.2) is 5.78 Å². The zero-order valence-electron chi connectivity index (χ0n) is 12.2. The number of allylic oxidation sites excluding steroid dienone is 1. The van der Waals surface area contributed by atoms with E-state index >= 15 is 0 Å². The number of phenols is 2. The van der Waals surface area contributed by atoms with Crippen molar-refractivity contribution >= 4 is 11.9 Å². The molecule has 0 saturated heterocycles. The maximum Gasteiger partial charge on any atom is 0.193 e. The van der Waals surface area contributed by atoms with E-state index < -0.39 is 5.78 Å². The van der Waals surface area contributed by atoms with Gasteiger partial charge in [0.25, 0.3) is 0 Å². The average molecular weight is 300 g/mol. The molecule has 0 bridgehead atoms. The van der Waals surface area contributed by atoms with Gasteiger partial charge in [-0.1, -0.05) is 18.2 Å². The highest BCUT2D eigenvalue weighted by Gasteiger charge is 2.16. The Kier molecular flexibility index (Phi) is 4.68. The highest BCUT2D eigenvalue weighted by Crippen LogP contribution is 2.33. The van der Waals surface area contributed by atoms with Crippen LogP contribution in [0.4, 0.5) is 0 Å². The Morgan fingerprint density at radius 3 is 2.32 bits per heavy atom. The minimum Gasteiger partial charge on any atom is -0.508 e. The predicted octanol–water partition coefficient (Wildman–Crippen LogP) is 3.01. The second-order valence-electron chi connectivity index (χ2n) is 4.51. The molecular weight excluding hydrogens is 284 g/mol. The maximum atomic E-state index is 12.2. The number of methoxy groups -OCH3 is 2. The number of aromatic hydroxyl groups is 2. The van der Waals surface area contributed by atoms with Crippen LogP contribution < -0.4 is 9.47 Å². The van der Waals surface area contributed by atoms with Gasteiger partial charge in [-0.3, -0.25) is 4.79 Å². The molecule has 22 heavy (non-hydrogen) atoms. The van der Waals surface area contributed by atoms with Gasteiger partial charge in [0.1, 0.15) is 28.6 Å². The van der Waals surface area contributed by atoms with Crippen molar-refractivity contribution in [3.63, 3.8) is 0 Å². The quantitative estimate of drug-likeness (QED) is 0.655. The zero-order valence-corrected chi connectivity index (χ0v) is 12.2. The van der Waals surface area contributed by atoms with Crippen molar-refractivity contribution in [1.29, 1.82) is 0 Å². The van der Waals surface area contributed by atoms with Crippen molar-refractivity contribution in [1.82, 2.24) is 0 Å². The molecule has 2 aromatic carbocycles. The van der Waals surface area contributed by atoms with E-state index in [-0.39, 0.29) is 22.8 Å². The van der Waals surface area contributed by atoms with Gasteiger partial charge in [0, 0.05) is 12.1 Å². The van der Waals surface area contributed by atoms with Crippen molar-refractivity contribution in [2.45, 2.75) is 0 Å². The standard InChI is InChI=1S/C17H16O5/c1-21-13-6-3-11(4-7-13)5-8-14(19)17-15(20)9-12(18)10-16(17)22-2/h3-10,18,20H,1-2H3/b8-5+. The Morgan fingerprint density at radius 2 is 1.73 bits per heavy atom. The smallest absolute Gasteiger partial charge is 0.193 e. The van der Waals surface area contributed by atoms with Gasteiger partial charge in [-0.25, -0.2) is 0 Å². The molecule has 0 fully saturated rings. The second kappa shape index (κ2) is 6.67. The molecule has 2 rings (SSSR count). The Labute approximate surface area is 128 Å². The molecule has 5 nitrogen and oxygen atoms in total. The summed E-state index contributed by atoms with van der Waals surface area (Å²) < 4.78 is 10.1. The number of hydrogen-bond acceptors (Lipinski definition) is 5. The Hall–Kier alpha value is -2.95. The van der Waals surface area contributed by atoms with Crippen LogP contribution in [0.5, 0.6) is 23.0 Å². The molecule has 0 amide bonds. The highest BCUT2D eigenvalue weighted by atomic mass is 16.5. The molecule has 114 valence electrons. The summed E-state index contributed by atoms with van der Waals surface area (Å²) >= 11 is 0. The van der Waals surface area contributed by atoms with Crippen LogP contribution in [-0.4, -0.2) is 30.2 Å². The average Bonchev–Trinajstić information content (AvgIpc) is 2.52. The van der Waals surface area contributed by atoms with Crippen LogP contribution in [0.25, 0.3) is 6.08 Å². The molecule has 2 N–H and O–H groups in total. The summed E-state index contributed by atoms with van der Waals surface area (Å²) in [6.45, 7) is 0. The van der Waals surface area contributed by atoms with Gasteiger partial charge in [0.2, 0.25) is 0 Å². The van der Waals surface area contributed by atoms with Gasteiger partial charge in [-0.15, -0.1) is 0 Å². The number of ether oxygens (including phenoxy) is 2. The van der Waals surface area contributed by atoms with E-state index in [0.717, 1.165) is 17.4 Å². The molecule has 0 heterocycles. The van der Waals surface area contributed by atoms with E-state index in [4.69, 9.17) is 9.47 Å². The fourth-order valence-electron chi connectivity index (χ4n) is 1.97. The molecule has 0 spiro atoms. The summed E-state index contributed by atoms with van der Waals surface area (Å²) in [6, 6.07) is 9.53. The van der Waals surface area contributed by atoms with Crippen molar-refractivity contribution in [3.05, 3.63) is 53.6 Å². The van der Waals surface area contributed by atoms with Crippen molar-refractivity contribution in [2.24, 2.45) is 0 Å². The minimum atomic E-state index is -0.426. The lowest BCUT2D eigenvalue weighted by atomic mass is 10.1. The van der Waals surface area contributed by atoms with Crippen molar-refractivity contribution in [2.75, 3.05) is 14.2 Å². The number of phenolic OH excluding ortho intramolecular Hbond substituents is 2. The molecule has 2 aromatic rings. The summed E-state index contributed by atoms with van der Waals surface area (Å²) in [6.07, 6.45) is 2.95. The zero-order chi connectivity index (χ0) is 16.1. The fraction of sp³-hybridized carbons (Fsp3) is 0.118. The van der Waals surface area contributed by atoms with Crippen molar-refractivity contribution < 1.29 is 24.5 Å². The monoisotopic (exact) mass is 300 g/mol. The number of hydrogen-bond donors (Lipinski definition) is 2. The minimum absolute atomic E-state index is 0.00469. The van der Waals surface area contributed by atoms with E-state index in [9.17, 15) is 15.0 Å². The highest BCUT2D eigenvalue weighted by molar-refractivity contribution is 6.10. The molecule has 0 saturated carbocycles. The van der Waals surface area contributed by atoms with E-state index in [1.165, 1.54) is 19.3 Å². The van der Waals surface area contributed by atoms with E-state index in [2.05, 4.69) is 0 Å². The third-order valence-electron chi connectivity index (χ3n) is 3.08. The molecule has 0 aliphatic carbocycles. The number of carbonyl (C=O) groups excluding carboxylic acids is 1. The van der Waals surface area contributed by atoms with Crippen LogP contribution in [0.1, 0.15) is 15.9 Å². The van der Waals surface area contributed by atoms with Gasteiger partial charge in [0.05, 0.1) is 14.2 Å². The Bertz CT molecular complexity index is 702. The first-order valence-corrected chi connectivity index (χ1v) is 6.51. The maximum absolute atomic E-state index is 12.2. The third kappa shape index (κ3) is 3.38. The van der Waals surface area contributed by atoms with Crippen LogP contribution in [0.2, 0.25) is 0 Å². The first kappa shape index (κ1) is 15.4. The summed E-state index contributed by atoms with van der Waals surface area (Å²) in [5.74, 6) is -0.0976. The number of carbonyl (C=O) groups is 1. The lowest BCUT2D eigenvalue weighted by Crippen LogP contribution is -1.99. The molecule has 0 aliphatic heterocycles. The summed E-state index contributed by atoms with van der Waals surface area (Å²) in [7, 11) is 2.94. The van der Waals surface area contributed by atoms with Crippen LogP contribution in [-0.2, 0) is 0 Å². The Morgan fingerprint density at radius 1 is 1.05 bits per heavy atom. The summed E-state index contributed by atoms with van der Waals surface area (Å²) in [4.78, 5) is 12.2.